The average molecular weight is 698 g/mol. The van der Waals surface area contributed by atoms with E-state index in [4.69, 9.17) is 27.2 Å². The molecular formula is C31H59NO7Si5. The van der Waals surface area contributed by atoms with Gasteiger partial charge < -0.3 is 31.4 Å². The van der Waals surface area contributed by atoms with E-state index in [1.807, 2.05) is 6.07 Å². The van der Waals surface area contributed by atoms with Crippen molar-refractivity contribution in [3.63, 3.8) is 0 Å². The van der Waals surface area contributed by atoms with E-state index in [9.17, 15) is 4.79 Å². The van der Waals surface area contributed by atoms with Gasteiger partial charge in [-0.1, -0.05) is 37.8 Å². The number of benzene rings is 1. The van der Waals surface area contributed by atoms with Gasteiger partial charge in [0.1, 0.15) is 18.6 Å². The highest BCUT2D eigenvalue weighted by Gasteiger charge is 2.54. The molecule has 0 aliphatic carbocycles. The van der Waals surface area contributed by atoms with E-state index in [1.54, 1.807) is 0 Å². The number of carbonyl (C=O) groups is 1. The van der Waals surface area contributed by atoms with Gasteiger partial charge in [0.05, 0.1) is 18.8 Å². The van der Waals surface area contributed by atoms with Crippen molar-refractivity contribution in [3.8, 4) is 0 Å². The lowest BCUT2D eigenvalue weighted by molar-refractivity contribution is -0.259. The molecule has 0 spiro atoms. The fourth-order valence-electron chi connectivity index (χ4n) is 5.35. The first-order chi connectivity index (χ1) is 19.8. The number of hydrogen-bond donors (Lipinski definition) is 0. The Morgan fingerprint density at radius 1 is 0.750 bits per heavy atom. The normalized spacial score (nSPS) is 24.1. The number of esters is 1. The summed E-state index contributed by atoms with van der Waals surface area (Å²) >= 11 is 0. The van der Waals surface area contributed by atoms with Crippen molar-refractivity contribution in [1.29, 1.82) is 0 Å². The molecule has 0 amide bonds. The van der Waals surface area contributed by atoms with Gasteiger partial charge in [-0.05, 0) is 84.6 Å². The molecule has 3 rings (SSSR count). The van der Waals surface area contributed by atoms with Crippen LogP contribution in [0.1, 0.15) is 5.56 Å². The fourth-order valence-corrected chi connectivity index (χ4v) is 10.5. The average Bonchev–Trinajstić information content (AvgIpc) is 3.19. The molecule has 5 atom stereocenters. The van der Waals surface area contributed by atoms with E-state index in [0.29, 0.717) is 0 Å². The minimum absolute atomic E-state index is 0.170. The van der Waals surface area contributed by atoms with E-state index in [-0.39, 0.29) is 19.2 Å². The quantitative estimate of drug-likeness (QED) is 0.156. The Kier molecular flexibility index (Phi) is 11.7. The number of ether oxygens (including phenoxy) is 2. The molecule has 1 aromatic heterocycles. The van der Waals surface area contributed by atoms with E-state index in [0.717, 1.165) is 10.9 Å². The van der Waals surface area contributed by atoms with Gasteiger partial charge in [0.25, 0.3) is 0 Å². The van der Waals surface area contributed by atoms with Crippen molar-refractivity contribution in [2.75, 3.05) is 6.61 Å². The maximum absolute atomic E-state index is 14.4. The molecule has 8 nitrogen and oxygen atoms in total. The minimum atomic E-state index is -2.17. The summed E-state index contributed by atoms with van der Waals surface area (Å²) in [5.74, 6) is -1.08. The van der Waals surface area contributed by atoms with Gasteiger partial charge in [-0.3, -0.25) is 4.79 Å². The molecule has 0 saturated carbocycles. The summed E-state index contributed by atoms with van der Waals surface area (Å²) in [6.45, 7) is 33.1. The largest absolute Gasteiger partial charge is 0.460 e. The number of para-hydroxylation sites is 1. The van der Waals surface area contributed by atoms with Crippen LogP contribution in [0.3, 0.4) is 0 Å². The van der Waals surface area contributed by atoms with E-state index < -0.39 is 72.0 Å². The zero-order valence-electron chi connectivity index (χ0n) is 30.0. The highest BCUT2D eigenvalue weighted by molar-refractivity contribution is 6.75. The molecule has 1 saturated heterocycles. The second-order valence-electron chi connectivity index (χ2n) is 16.9. The number of carbonyl (C=O) groups excluding carboxylic acids is 1. The molecule has 2 heterocycles. The number of fused-ring (bicyclic) bond motifs is 1. The lowest BCUT2D eigenvalue weighted by atomic mass is 9.89. The monoisotopic (exact) mass is 697 g/mol. The molecule has 250 valence electrons. The third kappa shape index (κ3) is 10.8. The van der Waals surface area contributed by atoms with Crippen LogP contribution in [0.15, 0.2) is 30.5 Å². The van der Waals surface area contributed by atoms with Crippen LogP contribution < -0.4 is 0 Å². The van der Waals surface area contributed by atoms with E-state index >= 15 is 0 Å². The second-order valence-corrected chi connectivity index (χ2v) is 39.7. The van der Waals surface area contributed by atoms with Crippen molar-refractivity contribution in [2.45, 2.75) is 129 Å². The van der Waals surface area contributed by atoms with E-state index in [2.05, 4.69) is 127 Å². The summed E-state index contributed by atoms with van der Waals surface area (Å²) in [6, 6.07) is 8.35. The topological polar surface area (TPSA) is 77.4 Å². The van der Waals surface area contributed by atoms with Crippen LogP contribution in [-0.2, 0) is 38.6 Å². The SMILES string of the molecule is C[Si](C)(C)OC[C@H]1O[C@@H](O[Si](C)(C)C)[C@H](O[Si](C)(C)C)[C@@H](O[Si](C)(C)C)[C@@H]1C(=O)OCc1cn([Si](C)(C)C)c2ccccc12. The predicted molar refractivity (Wildman–Crippen MR) is 193 cm³/mol. The Morgan fingerprint density at radius 2 is 1.30 bits per heavy atom. The number of nitrogens with zero attached hydrogens (tertiary/aromatic N) is 1. The van der Waals surface area contributed by atoms with Crippen LogP contribution in [0, 0.1) is 5.92 Å². The summed E-state index contributed by atoms with van der Waals surface area (Å²) in [5.41, 5.74) is 2.18. The zero-order chi connectivity index (χ0) is 33.5. The Labute approximate surface area is 271 Å². The molecule has 1 fully saturated rings. The molecule has 2 aromatic rings. The van der Waals surface area contributed by atoms with Crippen molar-refractivity contribution in [1.82, 2.24) is 4.23 Å². The molecule has 1 aliphatic rings. The number of hydrogen-bond acceptors (Lipinski definition) is 7. The highest BCUT2D eigenvalue weighted by Crippen LogP contribution is 2.37. The summed E-state index contributed by atoms with van der Waals surface area (Å²) in [7, 11) is -9.99. The minimum Gasteiger partial charge on any atom is -0.460 e. The molecule has 0 radical (unpaired) electrons. The fraction of sp³-hybridized carbons (Fsp3) is 0.710. The molecule has 0 N–H and O–H groups in total. The van der Waals surface area contributed by atoms with Gasteiger partial charge in [0, 0.05) is 22.7 Å². The van der Waals surface area contributed by atoms with Crippen LogP contribution in [0.25, 0.3) is 10.9 Å². The van der Waals surface area contributed by atoms with E-state index in [1.165, 1.54) is 5.52 Å². The van der Waals surface area contributed by atoms with Gasteiger partial charge in [-0.15, -0.1) is 0 Å². The van der Waals surface area contributed by atoms with Crippen LogP contribution in [0.2, 0.25) is 98.2 Å². The Bertz CT molecular complexity index is 1270. The summed E-state index contributed by atoms with van der Waals surface area (Å²) in [6.07, 6.45) is -0.243. The van der Waals surface area contributed by atoms with Gasteiger partial charge in [-0.2, -0.15) is 0 Å². The zero-order valence-corrected chi connectivity index (χ0v) is 35.0. The summed E-state index contributed by atoms with van der Waals surface area (Å²) in [5, 5.41) is 1.11. The third-order valence-electron chi connectivity index (χ3n) is 6.94. The van der Waals surface area contributed by atoms with Crippen molar-refractivity contribution in [3.05, 3.63) is 36.0 Å². The first-order valence-corrected chi connectivity index (χ1v) is 33.0. The van der Waals surface area contributed by atoms with Gasteiger partial charge in [-0.25, -0.2) is 0 Å². The lowest BCUT2D eigenvalue weighted by Gasteiger charge is -2.50. The summed E-state index contributed by atoms with van der Waals surface area (Å²) in [4.78, 5) is 14.4. The molecule has 1 aromatic carbocycles. The first-order valence-electron chi connectivity index (χ1n) is 15.9. The maximum atomic E-state index is 14.4. The molecule has 0 unspecified atom stereocenters. The number of aromatic nitrogens is 1. The van der Waals surface area contributed by atoms with Gasteiger partial charge in [0.2, 0.25) is 0 Å². The van der Waals surface area contributed by atoms with Crippen LogP contribution in [0.5, 0.6) is 0 Å². The molecule has 0 bridgehead atoms. The standard InChI is InChI=1S/C31H59NO7Si5/c1-40(2,3)32-20-23(24-18-16-17-19-25(24)32)21-34-30(33)27-26(22-35-41(4,5)6)36-31(39-44(13,14)15)29(38-43(10,11)12)28(27)37-42(7,8)9/h16-20,26-29,31H,21-22H2,1-15H3/t26-,27-,28+,29-,31+/m1/s1. The Hall–Kier alpha value is -0.886. The third-order valence-corrected chi connectivity index (χ3v) is 12.7. The van der Waals surface area contributed by atoms with Crippen LogP contribution in [0.4, 0.5) is 0 Å². The Balaban J connectivity index is 2.06. The molecular weight excluding hydrogens is 639 g/mol. The first kappa shape index (κ1) is 37.6. The van der Waals surface area contributed by atoms with Crippen molar-refractivity contribution >= 4 is 58.4 Å². The van der Waals surface area contributed by atoms with Crippen LogP contribution in [-0.4, -0.2) is 82.9 Å². The second kappa shape index (κ2) is 13.7. The predicted octanol–water partition coefficient (Wildman–Crippen LogP) is 7.85. The Morgan fingerprint density at radius 3 is 1.82 bits per heavy atom. The van der Waals surface area contributed by atoms with Crippen molar-refractivity contribution in [2.24, 2.45) is 5.92 Å². The smallest absolute Gasteiger partial charge is 0.314 e. The summed E-state index contributed by atoms with van der Waals surface area (Å²) < 4.78 is 42.0. The highest BCUT2D eigenvalue weighted by atomic mass is 28.4. The van der Waals surface area contributed by atoms with Gasteiger partial charge in [0.15, 0.2) is 47.8 Å². The van der Waals surface area contributed by atoms with Crippen LogP contribution >= 0.6 is 0 Å². The lowest BCUT2D eigenvalue weighted by Crippen LogP contribution is -2.65. The molecule has 13 heteroatoms. The van der Waals surface area contributed by atoms with Gasteiger partial charge >= 0.3 is 5.97 Å². The van der Waals surface area contributed by atoms with Crippen molar-refractivity contribution < 1.29 is 32.0 Å². The number of rotatable bonds is 13. The molecule has 1 aliphatic heterocycles. The maximum Gasteiger partial charge on any atom is 0.314 e. The molecule has 44 heavy (non-hydrogen) atoms.